The Kier molecular flexibility index (Phi) is 12.1. The predicted molar refractivity (Wildman–Crippen MR) is 187 cm³/mol. The number of thiazole rings is 1. The molecule has 22 heteroatoms. The molecule has 1 aromatic carbocycles. The number of hydrogen-bond acceptors (Lipinski definition) is 15. The molecule has 2 saturated heterocycles. The normalized spacial score (nSPS) is 17.8. The Morgan fingerprint density at radius 3 is 2.53 bits per heavy atom. The lowest BCUT2D eigenvalue weighted by molar-refractivity contribution is -0.781. The Morgan fingerprint density at radius 2 is 1.96 bits per heavy atom. The molecule has 2 atom stereocenters. The number of aromatic nitrogens is 3. The standard InChI is InChI=1S/C31H39N9O11S2/c1-31(2)22(28(43)40(31)51-53(46,47)48)10-24(41)26(23-17-52-30(33)36-23)37-50-25(29(44)45)16-49-21-6-4-19(5-7-21)27(42)35-20-14-38(9-3-8-32)39(15-20)13-18-11-34-12-18/h4-7,14-15,17-18,22,25,34H,3,8-13,16,32H2,1-2H3,(H4-,33,35,36,42,44,45,46,47,48)/p+1/b37-26-/t22-,25+/m1/s1. The second kappa shape index (κ2) is 16.3. The Balaban J connectivity index is 1.21. The van der Waals surface area contributed by atoms with Gasteiger partial charge in [0.05, 0.1) is 24.2 Å². The number of aliphatic carboxylic acids is 1. The van der Waals surface area contributed by atoms with Gasteiger partial charge in [0.2, 0.25) is 6.20 Å². The van der Waals surface area contributed by atoms with Crippen LogP contribution in [0.2, 0.25) is 0 Å². The van der Waals surface area contributed by atoms with Crippen LogP contribution in [0.1, 0.15) is 42.7 Å². The number of benzene rings is 1. The molecular weight excluding hydrogens is 739 g/mol. The van der Waals surface area contributed by atoms with Crippen LogP contribution in [0.25, 0.3) is 0 Å². The Hall–Kier alpha value is -5.00. The van der Waals surface area contributed by atoms with Gasteiger partial charge in [-0.2, -0.15) is 18.2 Å². The van der Waals surface area contributed by atoms with Gasteiger partial charge in [-0.25, -0.2) is 9.78 Å². The van der Waals surface area contributed by atoms with Gasteiger partial charge in [0.15, 0.2) is 23.2 Å². The molecule has 20 nitrogen and oxygen atoms in total. The minimum Gasteiger partial charge on any atom is -0.489 e. The molecule has 2 aromatic heterocycles. The molecule has 2 fully saturated rings. The van der Waals surface area contributed by atoms with Crippen molar-refractivity contribution in [2.24, 2.45) is 22.7 Å². The summed E-state index contributed by atoms with van der Waals surface area (Å²) in [7, 11) is -5.01. The van der Waals surface area contributed by atoms with Gasteiger partial charge in [0, 0.05) is 36.4 Å². The van der Waals surface area contributed by atoms with Crippen LogP contribution in [0, 0.1) is 11.8 Å². The van der Waals surface area contributed by atoms with Crippen molar-refractivity contribution in [2.45, 2.75) is 51.4 Å². The van der Waals surface area contributed by atoms with Crippen LogP contribution in [0.15, 0.2) is 47.2 Å². The highest BCUT2D eigenvalue weighted by atomic mass is 32.3. The van der Waals surface area contributed by atoms with E-state index < -0.39 is 64.4 Å². The zero-order valence-electron chi connectivity index (χ0n) is 28.7. The number of amides is 2. The number of rotatable bonds is 19. The number of ether oxygens (including phenoxy) is 1. The molecule has 0 spiro atoms. The predicted octanol–water partition coefficient (Wildman–Crippen LogP) is -0.182. The summed E-state index contributed by atoms with van der Waals surface area (Å²) in [6.07, 6.45) is 2.28. The summed E-state index contributed by atoms with van der Waals surface area (Å²) < 4.78 is 45.3. The zero-order chi connectivity index (χ0) is 38.5. The van der Waals surface area contributed by atoms with Gasteiger partial charge in [0.1, 0.15) is 23.7 Å². The van der Waals surface area contributed by atoms with E-state index in [1.54, 1.807) is 0 Å². The fourth-order valence-electron chi connectivity index (χ4n) is 5.54. The first-order chi connectivity index (χ1) is 25.0. The van der Waals surface area contributed by atoms with E-state index in [0.29, 0.717) is 35.3 Å². The van der Waals surface area contributed by atoms with Gasteiger partial charge in [0.25, 0.3) is 17.9 Å². The van der Waals surface area contributed by atoms with Crippen molar-refractivity contribution in [3.63, 3.8) is 0 Å². The number of ketones is 1. The Labute approximate surface area is 307 Å². The SMILES string of the molecule is CC1(C)[C@H](CC(=O)/C(=N\O[C@@H](COc2ccc(C(=O)Nc3cn(CCCN)[n+](CC4CNC4)c3)cc2)C(=O)O)c2csc(N)n2)C(=O)N1OS(=O)(=O)O. The first kappa shape index (κ1) is 39.2. The van der Waals surface area contributed by atoms with Crippen molar-refractivity contribution < 1.29 is 55.8 Å². The van der Waals surface area contributed by atoms with Gasteiger partial charge in [-0.1, -0.05) is 5.16 Å². The maximum atomic E-state index is 13.4. The van der Waals surface area contributed by atoms with E-state index in [9.17, 15) is 32.7 Å². The number of carboxylic acid groups (broad SMARTS) is 1. The van der Waals surface area contributed by atoms with Crippen LogP contribution in [0.5, 0.6) is 5.75 Å². The number of nitrogens with one attached hydrogen (secondary N) is 2. The molecule has 0 saturated carbocycles. The summed E-state index contributed by atoms with van der Waals surface area (Å²) >= 11 is 0.967. The number of β-lactam (4-membered cyclic amide) rings is 1. The highest BCUT2D eigenvalue weighted by Crippen LogP contribution is 2.40. The van der Waals surface area contributed by atoms with E-state index in [-0.39, 0.29) is 22.5 Å². The first-order valence-electron chi connectivity index (χ1n) is 16.3. The number of nitrogens with zero attached hydrogens (tertiary/aromatic N) is 5. The quantitative estimate of drug-likeness (QED) is 0.0303. The minimum atomic E-state index is -5.01. The molecule has 2 aliphatic rings. The minimum absolute atomic E-state index is 0.0513. The number of nitrogen functional groups attached to an aromatic ring is 1. The molecule has 4 heterocycles. The number of aryl methyl sites for hydroxylation is 1. The number of oxime groups is 1. The van der Waals surface area contributed by atoms with Crippen molar-refractivity contribution in [1.82, 2.24) is 20.0 Å². The van der Waals surface area contributed by atoms with Crippen LogP contribution < -0.4 is 31.5 Å². The summed E-state index contributed by atoms with van der Waals surface area (Å²) in [5.74, 6) is -3.93. The topological polar surface area (TPSA) is 284 Å². The molecule has 0 unspecified atom stereocenters. The second-order valence-corrected chi connectivity index (χ2v) is 14.8. The lowest BCUT2D eigenvalue weighted by atomic mass is 9.74. The van der Waals surface area contributed by atoms with E-state index in [0.717, 1.165) is 37.4 Å². The largest absolute Gasteiger partial charge is 0.489 e. The second-order valence-electron chi connectivity index (χ2n) is 12.9. The molecule has 0 aliphatic carbocycles. The number of hydroxylamine groups is 2. The maximum Gasteiger partial charge on any atom is 0.418 e. The van der Waals surface area contributed by atoms with Gasteiger partial charge < -0.3 is 36.8 Å². The summed E-state index contributed by atoms with van der Waals surface area (Å²) in [5, 5.41) is 21.6. The maximum absolute atomic E-state index is 13.4. The molecule has 2 amide bonds. The van der Waals surface area contributed by atoms with Crippen molar-refractivity contribution in [2.75, 3.05) is 37.3 Å². The number of carboxylic acids is 1. The van der Waals surface area contributed by atoms with Crippen molar-refractivity contribution in [1.29, 1.82) is 0 Å². The van der Waals surface area contributed by atoms with Gasteiger partial charge in [-0.3, -0.25) is 18.9 Å². The summed E-state index contributed by atoms with van der Waals surface area (Å²) in [6.45, 7) is 6.18. The lowest BCUT2D eigenvalue weighted by Crippen LogP contribution is -2.68. The van der Waals surface area contributed by atoms with Crippen molar-refractivity contribution in [3.8, 4) is 5.75 Å². The number of hydrogen-bond donors (Lipinski definition) is 6. The summed E-state index contributed by atoms with van der Waals surface area (Å²) in [6, 6.07) is 5.97. The van der Waals surface area contributed by atoms with Crippen molar-refractivity contribution in [3.05, 3.63) is 53.3 Å². The van der Waals surface area contributed by atoms with E-state index in [4.69, 9.17) is 25.6 Å². The monoisotopic (exact) mass is 778 g/mol. The smallest absolute Gasteiger partial charge is 0.418 e. The highest BCUT2D eigenvalue weighted by molar-refractivity contribution is 7.80. The summed E-state index contributed by atoms with van der Waals surface area (Å²) in [4.78, 5) is 60.3. The van der Waals surface area contributed by atoms with Crippen LogP contribution in [0.3, 0.4) is 0 Å². The fraction of sp³-hybridized carbons (Fsp3) is 0.452. The molecule has 5 rings (SSSR count). The van der Waals surface area contributed by atoms with E-state index >= 15 is 0 Å². The van der Waals surface area contributed by atoms with E-state index in [1.165, 1.54) is 43.5 Å². The lowest BCUT2D eigenvalue weighted by Gasteiger charge is -2.50. The zero-order valence-corrected chi connectivity index (χ0v) is 30.3. The third-order valence-electron chi connectivity index (χ3n) is 8.59. The van der Waals surface area contributed by atoms with Crippen LogP contribution in [-0.4, -0.2) is 100.0 Å². The third-order valence-corrected chi connectivity index (χ3v) is 9.60. The van der Waals surface area contributed by atoms with Crippen LogP contribution in [-0.2, 0) is 47.0 Å². The summed E-state index contributed by atoms with van der Waals surface area (Å²) in [5.41, 5.74) is 10.5. The molecule has 2 aliphatic heterocycles. The van der Waals surface area contributed by atoms with Crippen molar-refractivity contribution >= 4 is 61.8 Å². The molecule has 8 N–H and O–H groups in total. The first-order valence-corrected chi connectivity index (χ1v) is 18.6. The number of nitrogens with two attached hydrogens (primary N) is 2. The number of Topliss-reactive ketones (excluding diaryl/α,β-unsaturated/α-hetero) is 1. The van der Waals surface area contributed by atoms with E-state index in [2.05, 4.69) is 29.7 Å². The molecule has 286 valence electrons. The fourth-order valence-corrected chi connectivity index (χ4v) is 6.54. The van der Waals surface area contributed by atoms with E-state index in [1.807, 2.05) is 17.1 Å². The molecule has 0 bridgehead atoms. The number of anilines is 2. The van der Waals surface area contributed by atoms with Crippen LogP contribution >= 0.6 is 11.3 Å². The van der Waals surface area contributed by atoms with Gasteiger partial charge >= 0.3 is 16.4 Å². The molecule has 0 radical (unpaired) electrons. The van der Waals surface area contributed by atoms with Gasteiger partial charge in [-0.15, -0.1) is 20.3 Å². The number of carbonyl (C=O) groups excluding carboxylic acids is 3. The average Bonchev–Trinajstić information content (AvgIpc) is 3.68. The molecule has 3 aromatic rings. The Bertz CT molecular complexity index is 1980. The number of carbonyl (C=O) groups is 4. The van der Waals surface area contributed by atoms with Crippen LogP contribution in [0.4, 0.5) is 10.8 Å². The molecule has 53 heavy (non-hydrogen) atoms. The Morgan fingerprint density at radius 1 is 1.25 bits per heavy atom. The average molecular weight is 779 g/mol. The third kappa shape index (κ3) is 9.71. The molecular formula is C31H40N9O11S2+. The van der Waals surface area contributed by atoms with Gasteiger partial charge in [-0.05, 0) is 51.1 Å². The highest BCUT2D eigenvalue weighted by Gasteiger charge is 2.57.